The van der Waals surface area contributed by atoms with Crippen LogP contribution in [0.15, 0.2) is 47.6 Å². The standard InChI is InChI=1S/C18H18IN3O4/c1-26-16-10-12(2-7-15(16)23)11-20-22-18(25)9-8-17(24)21-14-5-3-13(19)4-6-14/h2-7,10-11,23H,8-9H2,1H3,(H,21,24)(H,22,25)/b20-11+. The highest BCUT2D eigenvalue weighted by molar-refractivity contribution is 14.1. The van der Waals surface area contributed by atoms with Gasteiger partial charge >= 0.3 is 0 Å². The van der Waals surface area contributed by atoms with Crippen LogP contribution in [-0.4, -0.2) is 30.2 Å². The van der Waals surface area contributed by atoms with Gasteiger partial charge in [0.15, 0.2) is 11.5 Å². The summed E-state index contributed by atoms with van der Waals surface area (Å²) >= 11 is 2.18. The first kappa shape index (κ1) is 19.7. The van der Waals surface area contributed by atoms with E-state index in [4.69, 9.17) is 4.74 Å². The Morgan fingerprint density at radius 2 is 1.85 bits per heavy atom. The molecule has 0 fully saturated rings. The van der Waals surface area contributed by atoms with Crippen molar-refractivity contribution in [1.82, 2.24) is 5.43 Å². The molecule has 0 radical (unpaired) electrons. The number of hydrazone groups is 1. The molecule has 0 aliphatic heterocycles. The molecule has 0 saturated heterocycles. The van der Waals surface area contributed by atoms with E-state index >= 15 is 0 Å². The number of hydrogen-bond acceptors (Lipinski definition) is 5. The minimum atomic E-state index is -0.371. The van der Waals surface area contributed by atoms with E-state index in [0.29, 0.717) is 17.0 Å². The van der Waals surface area contributed by atoms with Crippen molar-refractivity contribution in [2.45, 2.75) is 12.8 Å². The van der Waals surface area contributed by atoms with Crippen LogP contribution in [0.3, 0.4) is 0 Å². The zero-order valence-corrected chi connectivity index (χ0v) is 16.2. The number of ether oxygens (including phenoxy) is 1. The minimum Gasteiger partial charge on any atom is -0.504 e. The number of nitrogens with zero attached hydrogens (tertiary/aromatic N) is 1. The number of nitrogens with one attached hydrogen (secondary N) is 2. The van der Waals surface area contributed by atoms with Crippen LogP contribution in [0.4, 0.5) is 5.69 Å². The monoisotopic (exact) mass is 467 g/mol. The summed E-state index contributed by atoms with van der Waals surface area (Å²) in [6.07, 6.45) is 1.50. The second-order valence-electron chi connectivity index (χ2n) is 5.28. The number of anilines is 1. The molecule has 8 heteroatoms. The lowest BCUT2D eigenvalue weighted by atomic mass is 10.2. The number of amides is 2. The maximum atomic E-state index is 11.8. The first-order valence-electron chi connectivity index (χ1n) is 7.72. The quantitative estimate of drug-likeness (QED) is 0.331. The van der Waals surface area contributed by atoms with Crippen molar-refractivity contribution in [2.24, 2.45) is 5.10 Å². The maximum absolute atomic E-state index is 11.8. The summed E-state index contributed by atoms with van der Waals surface area (Å²) in [5, 5.41) is 16.1. The lowest BCUT2D eigenvalue weighted by Crippen LogP contribution is -2.20. The van der Waals surface area contributed by atoms with Gasteiger partial charge in [0.2, 0.25) is 11.8 Å². The average Bonchev–Trinajstić information content (AvgIpc) is 2.63. The fourth-order valence-electron chi connectivity index (χ4n) is 1.99. The number of halogens is 1. The van der Waals surface area contributed by atoms with Crippen LogP contribution in [-0.2, 0) is 9.59 Å². The van der Waals surface area contributed by atoms with E-state index in [1.165, 1.54) is 19.4 Å². The first-order valence-corrected chi connectivity index (χ1v) is 8.80. The highest BCUT2D eigenvalue weighted by atomic mass is 127. The summed E-state index contributed by atoms with van der Waals surface area (Å²) in [7, 11) is 1.44. The molecule has 3 N–H and O–H groups in total. The highest BCUT2D eigenvalue weighted by Crippen LogP contribution is 2.25. The zero-order chi connectivity index (χ0) is 18.9. The third-order valence-electron chi connectivity index (χ3n) is 3.31. The molecule has 0 saturated carbocycles. The number of phenols is 1. The molecule has 0 heterocycles. The number of aromatic hydroxyl groups is 1. The molecule has 0 aromatic heterocycles. The third-order valence-corrected chi connectivity index (χ3v) is 4.03. The van der Waals surface area contributed by atoms with Crippen LogP contribution in [0.2, 0.25) is 0 Å². The van der Waals surface area contributed by atoms with Gasteiger partial charge in [0, 0.05) is 22.1 Å². The van der Waals surface area contributed by atoms with E-state index in [1.54, 1.807) is 24.3 Å². The highest BCUT2D eigenvalue weighted by Gasteiger charge is 2.07. The van der Waals surface area contributed by atoms with Crippen LogP contribution in [0.25, 0.3) is 0 Å². The fraction of sp³-hybridized carbons (Fsp3) is 0.167. The van der Waals surface area contributed by atoms with Gasteiger partial charge in [0.05, 0.1) is 13.3 Å². The molecular weight excluding hydrogens is 449 g/mol. The molecular formula is C18H18IN3O4. The summed E-state index contributed by atoms with van der Waals surface area (Å²) in [4.78, 5) is 23.6. The number of benzene rings is 2. The van der Waals surface area contributed by atoms with Crippen molar-refractivity contribution >= 4 is 46.3 Å². The van der Waals surface area contributed by atoms with Crippen LogP contribution in [0.1, 0.15) is 18.4 Å². The molecule has 2 amide bonds. The number of carbonyl (C=O) groups is 2. The normalized spacial score (nSPS) is 10.5. The Hall–Kier alpha value is -2.62. The second-order valence-corrected chi connectivity index (χ2v) is 6.53. The molecule has 0 atom stereocenters. The topological polar surface area (TPSA) is 100 Å². The lowest BCUT2D eigenvalue weighted by molar-refractivity contribution is -0.124. The number of carbonyl (C=O) groups excluding carboxylic acids is 2. The molecule has 2 aromatic carbocycles. The largest absolute Gasteiger partial charge is 0.504 e. The molecule has 0 unspecified atom stereocenters. The number of rotatable bonds is 7. The third kappa shape index (κ3) is 6.36. The molecule has 0 bridgehead atoms. The van der Waals surface area contributed by atoms with Crippen molar-refractivity contribution in [2.75, 3.05) is 12.4 Å². The van der Waals surface area contributed by atoms with Gasteiger partial charge in [-0.2, -0.15) is 5.10 Å². The number of phenolic OH excluding ortho intramolecular Hbond substituents is 1. The van der Waals surface area contributed by atoms with E-state index in [0.717, 1.165) is 3.57 Å². The lowest BCUT2D eigenvalue weighted by Gasteiger charge is -2.05. The fourth-order valence-corrected chi connectivity index (χ4v) is 2.35. The van der Waals surface area contributed by atoms with Gasteiger partial charge in [-0.15, -0.1) is 0 Å². The Labute approximate surface area is 164 Å². The zero-order valence-electron chi connectivity index (χ0n) is 14.0. The molecule has 0 aliphatic rings. The van der Waals surface area contributed by atoms with Gasteiger partial charge in [-0.3, -0.25) is 9.59 Å². The Balaban J connectivity index is 1.76. The van der Waals surface area contributed by atoms with Gasteiger partial charge in [0.25, 0.3) is 0 Å². The van der Waals surface area contributed by atoms with Crippen molar-refractivity contribution in [3.63, 3.8) is 0 Å². The van der Waals surface area contributed by atoms with Crippen LogP contribution >= 0.6 is 22.6 Å². The van der Waals surface area contributed by atoms with E-state index < -0.39 is 0 Å². The second kappa shape index (κ2) is 9.76. The number of hydrogen-bond donors (Lipinski definition) is 3. The first-order chi connectivity index (χ1) is 12.5. The van der Waals surface area contributed by atoms with Gasteiger partial charge in [-0.1, -0.05) is 0 Å². The van der Waals surface area contributed by atoms with Crippen molar-refractivity contribution in [3.05, 3.63) is 51.6 Å². The summed E-state index contributed by atoms with van der Waals surface area (Å²) in [6, 6.07) is 12.1. The molecule has 7 nitrogen and oxygen atoms in total. The summed E-state index contributed by atoms with van der Waals surface area (Å²) in [5.41, 5.74) is 3.70. The van der Waals surface area contributed by atoms with E-state index in [-0.39, 0.29) is 30.4 Å². The van der Waals surface area contributed by atoms with Crippen molar-refractivity contribution in [3.8, 4) is 11.5 Å². The SMILES string of the molecule is COc1cc(/C=N/NC(=O)CCC(=O)Nc2ccc(I)cc2)ccc1O. The summed E-state index contributed by atoms with van der Waals surface area (Å²) < 4.78 is 6.06. The Morgan fingerprint density at radius 1 is 1.15 bits per heavy atom. The predicted molar refractivity (Wildman–Crippen MR) is 107 cm³/mol. The van der Waals surface area contributed by atoms with Gasteiger partial charge in [-0.05, 0) is 70.6 Å². The molecule has 136 valence electrons. The molecule has 0 aliphatic carbocycles. The van der Waals surface area contributed by atoms with Crippen molar-refractivity contribution in [1.29, 1.82) is 0 Å². The van der Waals surface area contributed by atoms with Crippen LogP contribution < -0.4 is 15.5 Å². The van der Waals surface area contributed by atoms with Gasteiger partial charge in [-0.25, -0.2) is 5.43 Å². The molecule has 26 heavy (non-hydrogen) atoms. The Bertz CT molecular complexity index is 807. The summed E-state index contributed by atoms with van der Waals surface area (Å²) in [5.74, 6) is -0.279. The Kier molecular flexibility index (Phi) is 7.39. The van der Waals surface area contributed by atoms with Gasteiger partial charge in [0.1, 0.15) is 0 Å². The number of methoxy groups -OCH3 is 1. The predicted octanol–water partition coefficient (Wildman–Crippen LogP) is 2.87. The van der Waals surface area contributed by atoms with Crippen LogP contribution in [0.5, 0.6) is 11.5 Å². The average molecular weight is 467 g/mol. The maximum Gasteiger partial charge on any atom is 0.240 e. The molecule has 2 rings (SSSR count). The Morgan fingerprint density at radius 3 is 2.54 bits per heavy atom. The van der Waals surface area contributed by atoms with E-state index in [1.807, 2.05) is 12.1 Å². The van der Waals surface area contributed by atoms with E-state index in [2.05, 4.69) is 38.4 Å². The summed E-state index contributed by atoms with van der Waals surface area (Å²) in [6.45, 7) is 0. The smallest absolute Gasteiger partial charge is 0.240 e. The van der Waals surface area contributed by atoms with Crippen molar-refractivity contribution < 1.29 is 19.4 Å². The molecule has 0 spiro atoms. The van der Waals surface area contributed by atoms with E-state index in [9.17, 15) is 14.7 Å². The van der Waals surface area contributed by atoms with Gasteiger partial charge < -0.3 is 15.2 Å². The minimum absolute atomic E-state index is 0.0203. The molecule has 2 aromatic rings. The van der Waals surface area contributed by atoms with Crippen LogP contribution in [0, 0.1) is 3.57 Å².